The maximum Gasteiger partial charge on any atom is 0.0542 e. The molecule has 1 rings (SSSR count). The summed E-state index contributed by atoms with van der Waals surface area (Å²) in [5, 5.41) is 5.94. The number of hydrazone groups is 1. The van der Waals surface area contributed by atoms with Crippen molar-refractivity contribution in [3.63, 3.8) is 0 Å². The molecule has 0 heterocycles. The SMILES string of the molecule is CN(C)N=Cc1ccc(C=NP(C)(C)=S)cc1. The molecule has 0 aliphatic carbocycles. The van der Waals surface area contributed by atoms with Gasteiger partial charge in [-0.25, -0.2) is 0 Å². The molecule has 0 saturated heterocycles. The van der Waals surface area contributed by atoms with Gasteiger partial charge in [-0.1, -0.05) is 36.1 Å². The van der Waals surface area contributed by atoms with Gasteiger partial charge in [0.1, 0.15) is 0 Å². The fourth-order valence-electron chi connectivity index (χ4n) is 1.06. The first-order valence-corrected chi connectivity index (χ1v) is 8.94. The number of nitrogens with zero attached hydrogens (tertiary/aromatic N) is 3. The second kappa shape index (κ2) is 6.08. The van der Waals surface area contributed by atoms with Crippen molar-refractivity contribution >= 4 is 30.4 Å². The van der Waals surface area contributed by atoms with Gasteiger partial charge in [-0.2, -0.15) is 5.10 Å². The highest BCUT2D eigenvalue weighted by Crippen LogP contribution is 2.37. The van der Waals surface area contributed by atoms with Crippen LogP contribution < -0.4 is 0 Å². The summed E-state index contributed by atoms with van der Waals surface area (Å²) in [6.45, 7) is 4.02. The van der Waals surface area contributed by atoms with Crippen LogP contribution in [0.25, 0.3) is 0 Å². The molecule has 0 atom stereocenters. The smallest absolute Gasteiger partial charge is 0.0542 e. The average molecular weight is 267 g/mol. The minimum atomic E-state index is -1.50. The van der Waals surface area contributed by atoms with Gasteiger partial charge in [0.2, 0.25) is 0 Å². The van der Waals surface area contributed by atoms with E-state index in [2.05, 4.69) is 9.86 Å². The first-order valence-electron chi connectivity index (χ1n) is 5.29. The second-order valence-electron chi connectivity index (χ2n) is 4.30. The molecule has 0 fully saturated rings. The third-order valence-corrected chi connectivity index (χ3v) is 2.81. The molecule has 0 N–H and O–H groups in total. The summed E-state index contributed by atoms with van der Waals surface area (Å²) in [6.07, 6.45) is 2.18. The molecule has 0 saturated carbocycles. The summed E-state index contributed by atoms with van der Waals surface area (Å²) >= 11 is 5.27. The van der Waals surface area contributed by atoms with E-state index in [1.54, 1.807) is 5.01 Å². The fraction of sp³-hybridized carbons (Fsp3) is 0.333. The van der Waals surface area contributed by atoms with Gasteiger partial charge >= 0.3 is 0 Å². The zero-order valence-electron chi connectivity index (χ0n) is 10.7. The van der Waals surface area contributed by atoms with Gasteiger partial charge in [0.25, 0.3) is 0 Å². The standard InChI is InChI=1S/C12H18N3PS/c1-15(2)13-9-11-5-7-12(8-6-11)10-14-16(3,4)17/h5-10H,1-4H3. The van der Waals surface area contributed by atoms with E-state index in [1.807, 2.05) is 64.1 Å². The third kappa shape index (κ3) is 6.35. The fourth-order valence-corrected chi connectivity index (χ4v) is 1.61. The van der Waals surface area contributed by atoms with E-state index in [0.717, 1.165) is 11.1 Å². The Morgan fingerprint density at radius 1 is 1.06 bits per heavy atom. The molecule has 17 heavy (non-hydrogen) atoms. The molecule has 0 bridgehead atoms. The molecule has 0 amide bonds. The van der Waals surface area contributed by atoms with E-state index in [-0.39, 0.29) is 0 Å². The molecule has 0 unspecified atom stereocenters. The van der Waals surface area contributed by atoms with Crippen molar-refractivity contribution in [1.82, 2.24) is 5.01 Å². The van der Waals surface area contributed by atoms with E-state index in [4.69, 9.17) is 11.8 Å². The average Bonchev–Trinajstić information content (AvgIpc) is 2.24. The van der Waals surface area contributed by atoms with Gasteiger partial charge in [0, 0.05) is 20.3 Å². The molecule has 92 valence electrons. The Kier molecular flexibility index (Phi) is 5.03. The van der Waals surface area contributed by atoms with E-state index in [0.29, 0.717) is 0 Å². The molecule has 0 spiro atoms. The first kappa shape index (κ1) is 14.1. The Hall–Kier alpha value is -0.990. The predicted octanol–water partition coefficient (Wildman–Crippen LogP) is 2.66. The molecule has 1 aromatic rings. The zero-order chi connectivity index (χ0) is 12.9. The molecule has 0 aliphatic heterocycles. The van der Waals surface area contributed by atoms with E-state index >= 15 is 0 Å². The summed E-state index contributed by atoms with van der Waals surface area (Å²) < 4.78 is 4.39. The van der Waals surface area contributed by atoms with Crippen molar-refractivity contribution in [3.8, 4) is 0 Å². The van der Waals surface area contributed by atoms with Crippen LogP contribution in [0.5, 0.6) is 0 Å². The highest BCUT2D eigenvalue weighted by atomic mass is 32.4. The van der Waals surface area contributed by atoms with Crippen LogP contribution in [0.15, 0.2) is 34.1 Å². The van der Waals surface area contributed by atoms with Crippen molar-refractivity contribution in [2.24, 2.45) is 9.86 Å². The lowest BCUT2D eigenvalue weighted by Crippen LogP contribution is -2.01. The Bertz CT molecular complexity index is 457. The van der Waals surface area contributed by atoms with Gasteiger partial charge in [-0.15, -0.1) is 0 Å². The summed E-state index contributed by atoms with van der Waals surface area (Å²) in [5.41, 5.74) is 2.15. The van der Waals surface area contributed by atoms with Crippen LogP contribution in [-0.2, 0) is 11.8 Å². The van der Waals surface area contributed by atoms with Crippen molar-refractivity contribution in [2.45, 2.75) is 0 Å². The second-order valence-corrected chi connectivity index (χ2v) is 9.80. The molecule has 0 aliphatic rings. The quantitative estimate of drug-likeness (QED) is 0.476. The lowest BCUT2D eigenvalue weighted by atomic mass is 10.2. The molecule has 1 aromatic carbocycles. The summed E-state index contributed by atoms with van der Waals surface area (Å²) in [6, 6.07) is 8.07. The van der Waals surface area contributed by atoms with Crippen LogP contribution >= 0.6 is 6.19 Å². The maximum atomic E-state index is 5.27. The Balaban J connectivity index is 2.75. The Morgan fingerprint density at radius 2 is 1.53 bits per heavy atom. The topological polar surface area (TPSA) is 28.0 Å². The minimum absolute atomic E-state index is 1.07. The van der Waals surface area contributed by atoms with Crippen LogP contribution in [0.4, 0.5) is 0 Å². The summed E-state index contributed by atoms with van der Waals surface area (Å²) in [4.78, 5) is 0. The third-order valence-electron chi connectivity index (χ3n) is 1.86. The van der Waals surface area contributed by atoms with Crippen LogP contribution in [0.2, 0.25) is 0 Å². The first-order chi connectivity index (χ1) is 7.87. The molecular weight excluding hydrogens is 249 g/mol. The van der Waals surface area contributed by atoms with Crippen LogP contribution in [0.3, 0.4) is 0 Å². The highest BCUT2D eigenvalue weighted by Gasteiger charge is 1.95. The predicted molar refractivity (Wildman–Crippen MR) is 81.5 cm³/mol. The Labute approximate surface area is 108 Å². The van der Waals surface area contributed by atoms with E-state index in [1.165, 1.54) is 0 Å². The zero-order valence-corrected chi connectivity index (χ0v) is 12.4. The highest BCUT2D eigenvalue weighted by molar-refractivity contribution is 8.13. The van der Waals surface area contributed by atoms with Crippen LogP contribution in [-0.4, -0.2) is 44.9 Å². The van der Waals surface area contributed by atoms with Gasteiger partial charge in [0.15, 0.2) is 0 Å². The van der Waals surface area contributed by atoms with E-state index in [9.17, 15) is 0 Å². The normalized spacial score (nSPS) is 12.5. The van der Waals surface area contributed by atoms with Crippen molar-refractivity contribution in [1.29, 1.82) is 0 Å². The monoisotopic (exact) mass is 267 g/mol. The largest absolute Gasteiger partial charge is 0.303 e. The lowest BCUT2D eigenvalue weighted by Gasteiger charge is -2.03. The van der Waals surface area contributed by atoms with Crippen molar-refractivity contribution < 1.29 is 0 Å². The molecule has 0 radical (unpaired) electrons. The molecule has 3 nitrogen and oxygen atoms in total. The van der Waals surface area contributed by atoms with Gasteiger partial charge in [-0.3, -0.25) is 4.76 Å². The summed E-state index contributed by atoms with van der Waals surface area (Å²) in [5.74, 6) is 0. The number of hydrogen-bond acceptors (Lipinski definition) is 3. The van der Waals surface area contributed by atoms with Crippen LogP contribution in [0, 0.1) is 0 Å². The van der Waals surface area contributed by atoms with E-state index < -0.39 is 6.19 Å². The molecule has 5 heteroatoms. The van der Waals surface area contributed by atoms with Gasteiger partial charge in [0.05, 0.1) is 12.4 Å². The number of rotatable bonds is 4. The number of benzene rings is 1. The maximum absolute atomic E-state index is 5.27. The van der Waals surface area contributed by atoms with Gasteiger partial charge < -0.3 is 5.01 Å². The van der Waals surface area contributed by atoms with Crippen molar-refractivity contribution in [3.05, 3.63) is 35.4 Å². The summed E-state index contributed by atoms with van der Waals surface area (Å²) in [7, 11) is 3.79. The van der Waals surface area contributed by atoms with Gasteiger partial charge in [-0.05, 0) is 24.5 Å². The lowest BCUT2D eigenvalue weighted by molar-refractivity contribution is 0.440. The molecular formula is C12H18N3PS. The van der Waals surface area contributed by atoms with Crippen molar-refractivity contribution in [2.75, 3.05) is 27.4 Å². The minimum Gasteiger partial charge on any atom is -0.303 e. The Morgan fingerprint density at radius 3 is 1.94 bits per heavy atom. The molecule has 0 aromatic heterocycles. The van der Waals surface area contributed by atoms with Crippen LogP contribution in [0.1, 0.15) is 11.1 Å². The number of hydrogen-bond donors (Lipinski definition) is 0.